The van der Waals surface area contributed by atoms with E-state index >= 15 is 0 Å². The molecule has 0 saturated heterocycles. The second kappa shape index (κ2) is 6.86. The first-order chi connectivity index (χ1) is 9.06. The SMILES string of the molecule is CN(Cc1csc(Br)c1)C(=O)CC1CCCCC1N. The topological polar surface area (TPSA) is 46.3 Å². The van der Waals surface area contributed by atoms with Gasteiger partial charge in [-0.15, -0.1) is 11.3 Å². The Balaban J connectivity index is 1.85. The molecule has 1 aliphatic rings. The van der Waals surface area contributed by atoms with Gasteiger partial charge >= 0.3 is 0 Å². The third-order valence-electron chi connectivity index (χ3n) is 3.87. The molecule has 2 unspecified atom stereocenters. The van der Waals surface area contributed by atoms with Crippen LogP contribution in [0.4, 0.5) is 0 Å². The van der Waals surface area contributed by atoms with Gasteiger partial charge in [0.1, 0.15) is 0 Å². The molecule has 1 aliphatic carbocycles. The molecule has 1 heterocycles. The Morgan fingerprint density at radius 2 is 2.26 bits per heavy atom. The van der Waals surface area contributed by atoms with Gasteiger partial charge in [-0.05, 0) is 51.7 Å². The molecule has 2 atom stereocenters. The molecule has 106 valence electrons. The van der Waals surface area contributed by atoms with Crippen molar-refractivity contribution in [1.29, 1.82) is 0 Å². The number of hydrogen-bond donors (Lipinski definition) is 1. The number of halogens is 1. The summed E-state index contributed by atoms with van der Waals surface area (Å²) in [5.41, 5.74) is 7.29. The third-order valence-corrected chi connectivity index (χ3v) is 5.43. The number of amides is 1. The minimum atomic E-state index is 0.210. The summed E-state index contributed by atoms with van der Waals surface area (Å²) in [6.45, 7) is 0.683. The lowest BCUT2D eigenvalue weighted by molar-refractivity contribution is -0.131. The van der Waals surface area contributed by atoms with Crippen LogP contribution in [0.3, 0.4) is 0 Å². The number of carbonyl (C=O) groups excluding carboxylic acids is 1. The number of nitrogens with two attached hydrogens (primary N) is 1. The van der Waals surface area contributed by atoms with Gasteiger partial charge in [0.15, 0.2) is 0 Å². The van der Waals surface area contributed by atoms with E-state index < -0.39 is 0 Å². The van der Waals surface area contributed by atoms with E-state index in [0.717, 1.165) is 16.6 Å². The summed E-state index contributed by atoms with van der Waals surface area (Å²) < 4.78 is 1.11. The third kappa shape index (κ3) is 4.29. The van der Waals surface area contributed by atoms with Crippen molar-refractivity contribution in [3.8, 4) is 0 Å². The van der Waals surface area contributed by atoms with Crippen LogP contribution >= 0.6 is 27.3 Å². The van der Waals surface area contributed by atoms with Gasteiger partial charge in [-0.1, -0.05) is 12.8 Å². The zero-order valence-corrected chi connectivity index (χ0v) is 13.7. The van der Waals surface area contributed by atoms with Crippen LogP contribution in [0.1, 0.15) is 37.7 Å². The van der Waals surface area contributed by atoms with E-state index in [2.05, 4.69) is 27.4 Å². The van der Waals surface area contributed by atoms with Gasteiger partial charge in [0, 0.05) is 26.1 Å². The molecule has 2 N–H and O–H groups in total. The molecule has 0 aliphatic heterocycles. The Bertz CT molecular complexity index is 435. The average Bonchev–Trinajstić information content (AvgIpc) is 2.77. The fraction of sp³-hybridized carbons (Fsp3) is 0.643. The molecule has 1 fully saturated rings. The van der Waals surface area contributed by atoms with Gasteiger partial charge < -0.3 is 10.6 Å². The molecule has 1 aromatic heterocycles. The summed E-state index contributed by atoms with van der Waals surface area (Å²) in [7, 11) is 1.88. The van der Waals surface area contributed by atoms with Crippen molar-refractivity contribution in [2.75, 3.05) is 7.05 Å². The first-order valence-electron chi connectivity index (χ1n) is 6.78. The van der Waals surface area contributed by atoms with Crippen LogP contribution in [0.15, 0.2) is 15.2 Å². The summed E-state index contributed by atoms with van der Waals surface area (Å²) in [5.74, 6) is 0.586. The second-order valence-corrected chi connectivity index (χ2v) is 7.71. The lowest BCUT2D eigenvalue weighted by Crippen LogP contribution is -2.37. The summed E-state index contributed by atoms with van der Waals surface area (Å²) in [6, 6.07) is 2.28. The maximum Gasteiger partial charge on any atom is 0.222 e. The van der Waals surface area contributed by atoms with Gasteiger partial charge in [0.05, 0.1) is 3.79 Å². The molecular formula is C14H21BrN2OS. The van der Waals surface area contributed by atoms with Crippen LogP contribution in [-0.2, 0) is 11.3 Å². The van der Waals surface area contributed by atoms with Crippen molar-refractivity contribution in [1.82, 2.24) is 4.90 Å². The molecule has 1 aromatic rings. The maximum atomic E-state index is 12.2. The molecule has 0 aromatic carbocycles. The number of hydrogen-bond acceptors (Lipinski definition) is 3. The quantitative estimate of drug-likeness (QED) is 0.909. The average molecular weight is 345 g/mol. The van der Waals surface area contributed by atoms with Gasteiger partial charge in [0.25, 0.3) is 0 Å². The Hall–Kier alpha value is -0.390. The smallest absolute Gasteiger partial charge is 0.222 e. The van der Waals surface area contributed by atoms with E-state index in [4.69, 9.17) is 5.73 Å². The van der Waals surface area contributed by atoms with Gasteiger partial charge in [-0.3, -0.25) is 4.79 Å². The highest BCUT2D eigenvalue weighted by atomic mass is 79.9. The molecule has 0 spiro atoms. The van der Waals surface area contributed by atoms with Crippen LogP contribution < -0.4 is 5.73 Å². The number of rotatable bonds is 4. The van der Waals surface area contributed by atoms with Crippen molar-refractivity contribution in [2.24, 2.45) is 11.7 Å². The maximum absolute atomic E-state index is 12.2. The van der Waals surface area contributed by atoms with E-state index in [1.54, 1.807) is 11.3 Å². The predicted octanol–water partition coefficient (Wildman–Crippen LogP) is 3.38. The molecule has 5 heteroatoms. The molecule has 2 rings (SSSR count). The van der Waals surface area contributed by atoms with Crippen molar-refractivity contribution in [2.45, 2.75) is 44.7 Å². The Labute approximate surface area is 127 Å². The number of carbonyl (C=O) groups is 1. The Morgan fingerprint density at radius 3 is 2.89 bits per heavy atom. The van der Waals surface area contributed by atoms with Crippen LogP contribution in [0.25, 0.3) is 0 Å². The van der Waals surface area contributed by atoms with Gasteiger partial charge in [0.2, 0.25) is 5.91 Å². The largest absolute Gasteiger partial charge is 0.341 e. The fourth-order valence-corrected chi connectivity index (χ4v) is 3.86. The van der Waals surface area contributed by atoms with E-state index in [1.165, 1.54) is 18.4 Å². The number of nitrogens with zero attached hydrogens (tertiary/aromatic N) is 1. The van der Waals surface area contributed by atoms with Crippen LogP contribution in [0.2, 0.25) is 0 Å². The molecule has 1 amide bonds. The summed E-state index contributed by atoms with van der Waals surface area (Å²) in [5, 5.41) is 2.08. The zero-order valence-electron chi connectivity index (χ0n) is 11.3. The molecule has 19 heavy (non-hydrogen) atoms. The minimum absolute atomic E-state index is 0.210. The predicted molar refractivity (Wildman–Crippen MR) is 83.0 cm³/mol. The van der Waals surface area contributed by atoms with Crippen molar-refractivity contribution in [3.63, 3.8) is 0 Å². The summed E-state index contributed by atoms with van der Waals surface area (Å²) in [6.07, 6.45) is 5.20. The summed E-state index contributed by atoms with van der Waals surface area (Å²) in [4.78, 5) is 14.0. The highest BCUT2D eigenvalue weighted by molar-refractivity contribution is 9.11. The lowest BCUT2D eigenvalue weighted by Gasteiger charge is -2.29. The number of thiophene rings is 1. The van der Waals surface area contributed by atoms with Crippen molar-refractivity contribution >= 4 is 33.2 Å². The standard InChI is InChI=1S/C14H21BrN2OS/c1-17(8-10-6-13(15)19-9-10)14(18)7-11-4-2-3-5-12(11)16/h6,9,11-12H,2-5,7-8,16H2,1H3. The second-order valence-electron chi connectivity index (χ2n) is 5.42. The minimum Gasteiger partial charge on any atom is -0.341 e. The van der Waals surface area contributed by atoms with E-state index in [1.807, 2.05) is 11.9 Å². The van der Waals surface area contributed by atoms with Gasteiger partial charge in [-0.2, -0.15) is 0 Å². The van der Waals surface area contributed by atoms with Crippen molar-refractivity contribution < 1.29 is 4.79 Å². The highest BCUT2D eigenvalue weighted by Gasteiger charge is 2.25. The van der Waals surface area contributed by atoms with Crippen molar-refractivity contribution in [3.05, 3.63) is 20.8 Å². The van der Waals surface area contributed by atoms with E-state index in [-0.39, 0.29) is 11.9 Å². The molecule has 0 bridgehead atoms. The first kappa shape index (κ1) is 15.0. The first-order valence-corrected chi connectivity index (χ1v) is 8.46. The van der Waals surface area contributed by atoms with Crippen LogP contribution in [0.5, 0.6) is 0 Å². The van der Waals surface area contributed by atoms with Crippen LogP contribution in [-0.4, -0.2) is 23.9 Å². The molecular weight excluding hydrogens is 324 g/mol. The Morgan fingerprint density at radius 1 is 1.53 bits per heavy atom. The normalized spacial score (nSPS) is 23.3. The van der Waals surface area contributed by atoms with Gasteiger partial charge in [-0.25, -0.2) is 0 Å². The lowest BCUT2D eigenvalue weighted by atomic mass is 9.83. The molecule has 1 saturated carbocycles. The van der Waals surface area contributed by atoms with E-state index in [0.29, 0.717) is 18.9 Å². The monoisotopic (exact) mass is 344 g/mol. The van der Waals surface area contributed by atoms with Crippen LogP contribution in [0, 0.1) is 5.92 Å². The summed E-state index contributed by atoms with van der Waals surface area (Å²) >= 11 is 5.10. The highest BCUT2D eigenvalue weighted by Crippen LogP contribution is 2.27. The Kier molecular flexibility index (Phi) is 5.42. The zero-order chi connectivity index (χ0) is 13.8. The molecule has 0 radical (unpaired) electrons. The van der Waals surface area contributed by atoms with E-state index in [9.17, 15) is 4.79 Å². The molecule has 3 nitrogen and oxygen atoms in total. The fourth-order valence-electron chi connectivity index (χ4n) is 2.66.